The number of aromatic nitrogens is 1. The summed E-state index contributed by atoms with van der Waals surface area (Å²) in [6, 6.07) is 1.41. The number of halogens is 1. The smallest absolute Gasteiger partial charge is 0.171 e. The number of rotatable bonds is 1. The normalized spacial score (nSPS) is 11.4. The molecule has 0 aromatic carbocycles. The molecule has 0 saturated carbocycles. The van der Waals surface area contributed by atoms with E-state index in [1.165, 1.54) is 12.3 Å². The fraction of sp³-hybridized carbons (Fsp3) is 0.400. The summed E-state index contributed by atoms with van der Waals surface area (Å²) in [4.78, 5) is 15.2. The molecule has 1 aromatic rings. The molecule has 0 aliphatic heterocycles. The van der Waals surface area contributed by atoms with Gasteiger partial charge in [-0.15, -0.1) is 0 Å². The second-order valence-corrected chi connectivity index (χ2v) is 3.93. The second-order valence-electron chi connectivity index (χ2n) is 3.93. The number of hydrogen-bond acceptors (Lipinski definition) is 2. The lowest BCUT2D eigenvalue weighted by Crippen LogP contribution is -2.21. The molecule has 3 heteroatoms. The van der Waals surface area contributed by atoms with Crippen molar-refractivity contribution in [1.29, 1.82) is 0 Å². The molecule has 2 nitrogen and oxygen atoms in total. The van der Waals surface area contributed by atoms with E-state index in [1.807, 2.05) is 0 Å². The molecule has 70 valence electrons. The summed E-state index contributed by atoms with van der Waals surface area (Å²) >= 11 is 0. The predicted molar refractivity (Wildman–Crippen MR) is 48.0 cm³/mol. The Bertz CT molecular complexity index is 328. The van der Waals surface area contributed by atoms with Crippen LogP contribution in [0.4, 0.5) is 4.39 Å². The molecular formula is C10H12FNO. The first kappa shape index (κ1) is 9.84. The van der Waals surface area contributed by atoms with Crippen molar-refractivity contribution in [3.05, 3.63) is 29.8 Å². The summed E-state index contributed by atoms with van der Waals surface area (Å²) in [5.74, 6) is -0.755. The third kappa shape index (κ3) is 2.11. The largest absolute Gasteiger partial charge is 0.293 e. The lowest BCUT2D eigenvalue weighted by Gasteiger charge is -2.16. The van der Waals surface area contributed by atoms with E-state index in [0.29, 0.717) is 0 Å². The van der Waals surface area contributed by atoms with Crippen molar-refractivity contribution in [1.82, 2.24) is 4.98 Å². The van der Waals surface area contributed by atoms with Crippen LogP contribution in [0.3, 0.4) is 0 Å². The van der Waals surface area contributed by atoms with Gasteiger partial charge in [-0.05, 0) is 6.07 Å². The standard InChI is InChI=1S/C10H12FNO/c1-10(2,3)9(13)7-4-5-12-6-8(7)11/h4-6H,1-3H3. The van der Waals surface area contributed by atoms with Gasteiger partial charge in [0.1, 0.15) is 0 Å². The third-order valence-corrected chi connectivity index (χ3v) is 1.70. The Kier molecular flexibility index (Phi) is 2.45. The minimum absolute atomic E-state index is 0.113. The fourth-order valence-corrected chi connectivity index (χ4v) is 0.963. The quantitative estimate of drug-likeness (QED) is 0.623. The van der Waals surface area contributed by atoms with Crippen molar-refractivity contribution in [3.63, 3.8) is 0 Å². The van der Waals surface area contributed by atoms with Crippen molar-refractivity contribution in [2.45, 2.75) is 20.8 Å². The minimum Gasteiger partial charge on any atom is -0.293 e. The lowest BCUT2D eigenvalue weighted by molar-refractivity contribution is 0.0853. The van der Waals surface area contributed by atoms with Crippen LogP contribution in [0, 0.1) is 11.2 Å². The Morgan fingerprint density at radius 3 is 2.54 bits per heavy atom. The molecule has 0 radical (unpaired) electrons. The molecule has 0 aliphatic carbocycles. The van der Waals surface area contributed by atoms with E-state index in [0.717, 1.165) is 6.20 Å². The maximum Gasteiger partial charge on any atom is 0.171 e. The average Bonchev–Trinajstić information content (AvgIpc) is 2.02. The number of ketones is 1. The van der Waals surface area contributed by atoms with Gasteiger partial charge in [0.2, 0.25) is 0 Å². The zero-order chi connectivity index (χ0) is 10.1. The van der Waals surface area contributed by atoms with Gasteiger partial charge in [-0.3, -0.25) is 9.78 Å². The number of carbonyl (C=O) groups excluding carboxylic acids is 1. The van der Waals surface area contributed by atoms with Gasteiger partial charge >= 0.3 is 0 Å². The molecule has 1 heterocycles. The first-order valence-electron chi connectivity index (χ1n) is 4.07. The zero-order valence-electron chi connectivity index (χ0n) is 7.97. The number of hydrogen-bond donors (Lipinski definition) is 0. The zero-order valence-corrected chi connectivity index (χ0v) is 7.97. The monoisotopic (exact) mass is 181 g/mol. The SMILES string of the molecule is CC(C)(C)C(=O)c1ccncc1F. The Hall–Kier alpha value is -1.25. The number of carbonyl (C=O) groups is 1. The molecule has 0 fully saturated rings. The van der Waals surface area contributed by atoms with Crippen molar-refractivity contribution in [2.24, 2.45) is 5.41 Å². The summed E-state index contributed by atoms with van der Waals surface area (Å²) in [5, 5.41) is 0. The summed E-state index contributed by atoms with van der Waals surface area (Å²) < 4.78 is 13.1. The van der Waals surface area contributed by atoms with E-state index >= 15 is 0 Å². The first-order valence-corrected chi connectivity index (χ1v) is 4.07. The number of Topliss-reactive ketones (excluding diaryl/α,β-unsaturated/α-hetero) is 1. The fourth-order valence-electron chi connectivity index (χ4n) is 0.963. The highest BCUT2D eigenvalue weighted by Crippen LogP contribution is 2.21. The first-order chi connectivity index (χ1) is 5.93. The van der Waals surface area contributed by atoms with E-state index in [2.05, 4.69) is 4.98 Å². The predicted octanol–water partition coefficient (Wildman–Crippen LogP) is 2.45. The summed E-state index contributed by atoms with van der Waals surface area (Å²) in [6.07, 6.45) is 2.47. The maximum absolute atomic E-state index is 13.1. The van der Waals surface area contributed by atoms with Crippen LogP contribution in [-0.2, 0) is 0 Å². The van der Waals surface area contributed by atoms with E-state index in [-0.39, 0.29) is 11.3 Å². The van der Waals surface area contributed by atoms with Gasteiger partial charge in [0.05, 0.1) is 11.8 Å². The van der Waals surface area contributed by atoms with Gasteiger partial charge in [-0.1, -0.05) is 20.8 Å². The molecule has 0 bridgehead atoms. The minimum atomic E-state index is -0.553. The summed E-state index contributed by atoms with van der Waals surface area (Å²) in [5.41, 5.74) is -0.440. The van der Waals surface area contributed by atoms with Crippen LogP contribution in [0.1, 0.15) is 31.1 Å². The van der Waals surface area contributed by atoms with E-state index in [9.17, 15) is 9.18 Å². The van der Waals surface area contributed by atoms with Crippen molar-refractivity contribution < 1.29 is 9.18 Å². The van der Waals surface area contributed by atoms with Crippen molar-refractivity contribution in [2.75, 3.05) is 0 Å². The van der Waals surface area contributed by atoms with Gasteiger partial charge in [-0.25, -0.2) is 4.39 Å². The average molecular weight is 181 g/mol. The van der Waals surface area contributed by atoms with Crippen LogP contribution < -0.4 is 0 Å². The maximum atomic E-state index is 13.1. The second kappa shape index (κ2) is 3.24. The molecule has 0 aliphatic rings. The molecule has 0 N–H and O–H groups in total. The molecule has 0 spiro atoms. The van der Waals surface area contributed by atoms with Gasteiger partial charge < -0.3 is 0 Å². The summed E-state index contributed by atoms with van der Waals surface area (Å²) in [6.45, 7) is 5.28. The molecule has 0 unspecified atom stereocenters. The molecule has 0 saturated heterocycles. The van der Waals surface area contributed by atoms with Crippen LogP contribution >= 0.6 is 0 Å². The van der Waals surface area contributed by atoms with Gasteiger partial charge in [0.15, 0.2) is 11.6 Å². The van der Waals surface area contributed by atoms with E-state index in [4.69, 9.17) is 0 Å². The van der Waals surface area contributed by atoms with E-state index < -0.39 is 11.2 Å². The Morgan fingerprint density at radius 1 is 1.46 bits per heavy atom. The highest BCUT2D eigenvalue weighted by molar-refractivity contribution is 5.99. The van der Waals surface area contributed by atoms with Crippen molar-refractivity contribution >= 4 is 5.78 Å². The Labute approximate surface area is 76.8 Å². The van der Waals surface area contributed by atoms with Crippen LogP contribution in [0.15, 0.2) is 18.5 Å². The number of pyridine rings is 1. The number of nitrogens with zero attached hydrogens (tertiary/aromatic N) is 1. The van der Waals surface area contributed by atoms with Crippen LogP contribution in [0.25, 0.3) is 0 Å². The molecular weight excluding hydrogens is 169 g/mol. The molecule has 1 rings (SSSR count). The third-order valence-electron chi connectivity index (χ3n) is 1.70. The highest BCUT2D eigenvalue weighted by atomic mass is 19.1. The van der Waals surface area contributed by atoms with Crippen LogP contribution in [-0.4, -0.2) is 10.8 Å². The topological polar surface area (TPSA) is 30.0 Å². The van der Waals surface area contributed by atoms with Gasteiger partial charge in [-0.2, -0.15) is 0 Å². The van der Waals surface area contributed by atoms with Crippen LogP contribution in [0.2, 0.25) is 0 Å². The molecule has 0 amide bonds. The summed E-state index contributed by atoms with van der Waals surface area (Å²) in [7, 11) is 0. The van der Waals surface area contributed by atoms with Gasteiger partial charge in [0.25, 0.3) is 0 Å². The van der Waals surface area contributed by atoms with E-state index in [1.54, 1.807) is 20.8 Å². The molecule has 13 heavy (non-hydrogen) atoms. The Morgan fingerprint density at radius 2 is 2.08 bits per heavy atom. The van der Waals surface area contributed by atoms with Crippen molar-refractivity contribution in [3.8, 4) is 0 Å². The molecule has 1 aromatic heterocycles. The highest BCUT2D eigenvalue weighted by Gasteiger charge is 2.25. The van der Waals surface area contributed by atoms with Gasteiger partial charge in [0, 0.05) is 11.6 Å². The molecule has 0 atom stereocenters. The van der Waals surface area contributed by atoms with Crippen LogP contribution in [0.5, 0.6) is 0 Å². The lowest BCUT2D eigenvalue weighted by atomic mass is 9.87. The Balaban J connectivity index is 3.10.